The third-order valence-corrected chi connectivity index (χ3v) is 3.12. The maximum absolute atomic E-state index is 11.7. The highest BCUT2D eigenvalue weighted by atomic mass is 16.5. The highest BCUT2D eigenvalue weighted by Gasteiger charge is 2.04. The molecule has 0 bridgehead atoms. The molecule has 0 fully saturated rings. The summed E-state index contributed by atoms with van der Waals surface area (Å²) >= 11 is 0. The smallest absolute Gasteiger partial charge is 0.258 e. The van der Waals surface area contributed by atoms with Crippen molar-refractivity contribution in [3.63, 3.8) is 0 Å². The van der Waals surface area contributed by atoms with E-state index < -0.39 is 5.91 Å². The summed E-state index contributed by atoms with van der Waals surface area (Å²) in [7, 11) is 0. The molecule has 22 heavy (non-hydrogen) atoms. The van der Waals surface area contributed by atoms with Gasteiger partial charge >= 0.3 is 0 Å². The van der Waals surface area contributed by atoms with E-state index in [0.717, 1.165) is 5.56 Å². The van der Waals surface area contributed by atoms with Gasteiger partial charge in [-0.3, -0.25) is 9.59 Å². The van der Waals surface area contributed by atoms with E-state index in [1.807, 2.05) is 31.2 Å². The molecule has 0 saturated carbocycles. The van der Waals surface area contributed by atoms with Crippen LogP contribution in [0.25, 0.3) is 0 Å². The average molecular weight is 298 g/mol. The maximum atomic E-state index is 11.7. The van der Waals surface area contributed by atoms with Gasteiger partial charge in [0.15, 0.2) is 6.61 Å². The number of benzene rings is 2. The molecule has 0 aliphatic rings. The standard InChI is InChI=1S/C17H18N2O3/c1-12-2-4-13(5-3-12)10-19-16(20)11-22-15-8-6-14(7-9-15)17(18)21/h2-9H,10-11H2,1H3,(H2,18,21)(H,19,20). The van der Waals surface area contributed by atoms with Gasteiger partial charge in [-0.15, -0.1) is 0 Å². The molecular weight excluding hydrogens is 280 g/mol. The zero-order chi connectivity index (χ0) is 15.9. The Hall–Kier alpha value is -2.82. The van der Waals surface area contributed by atoms with Gasteiger partial charge in [-0.25, -0.2) is 0 Å². The summed E-state index contributed by atoms with van der Waals surface area (Å²) in [6, 6.07) is 14.3. The Bertz CT molecular complexity index is 649. The minimum atomic E-state index is -0.498. The van der Waals surface area contributed by atoms with Crippen LogP contribution in [0, 0.1) is 6.92 Å². The van der Waals surface area contributed by atoms with Crippen molar-refractivity contribution < 1.29 is 14.3 Å². The molecule has 0 aromatic heterocycles. The zero-order valence-corrected chi connectivity index (χ0v) is 12.3. The first kappa shape index (κ1) is 15.6. The summed E-state index contributed by atoms with van der Waals surface area (Å²) in [5, 5.41) is 2.78. The summed E-state index contributed by atoms with van der Waals surface area (Å²) in [5.74, 6) is -0.197. The molecule has 0 unspecified atom stereocenters. The predicted octanol–water partition coefficient (Wildman–Crippen LogP) is 1.79. The molecule has 2 amide bonds. The number of nitrogens with one attached hydrogen (secondary N) is 1. The van der Waals surface area contributed by atoms with Crippen LogP contribution in [-0.2, 0) is 11.3 Å². The number of nitrogens with two attached hydrogens (primary N) is 1. The van der Waals surface area contributed by atoms with Gasteiger partial charge in [0.2, 0.25) is 5.91 Å². The number of rotatable bonds is 6. The van der Waals surface area contributed by atoms with Gasteiger partial charge < -0.3 is 15.8 Å². The minimum Gasteiger partial charge on any atom is -0.484 e. The summed E-state index contributed by atoms with van der Waals surface area (Å²) in [6.45, 7) is 2.39. The molecular formula is C17H18N2O3. The molecule has 2 aromatic carbocycles. The first-order chi connectivity index (χ1) is 10.5. The molecule has 5 nitrogen and oxygen atoms in total. The SMILES string of the molecule is Cc1ccc(CNC(=O)COc2ccc(C(N)=O)cc2)cc1. The fourth-order valence-electron chi connectivity index (χ4n) is 1.82. The van der Waals surface area contributed by atoms with Crippen LogP contribution in [0.1, 0.15) is 21.5 Å². The quantitative estimate of drug-likeness (QED) is 0.853. The van der Waals surface area contributed by atoms with E-state index in [1.165, 1.54) is 5.56 Å². The van der Waals surface area contributed by atoms with Crippen molar-refractivity contribution >= 4 is 11.8 Å². The molecule has 0 aliphatic heterocycles. The van der Waals surface area contributed by atoms with E-state index in [1.54, 1.807) is 24.3 Å². The molecule has 114 valence electrons. The largest absolute Gasteiger partial charge is 0.484 e. The van der Waals surface area contributed by atoms with Crippen LogP contribution >= 0.6 is 0 Å². The summed E-state index contributed by atoms with van der Waals surface area (Å²) in [6.07, 6.45) is 0. The molecule has 0 radical (unpaired) electrons. The third-order valence-electron chi connectivity index (χ3n) is 3.12. The number of carbonyl (C=O) groups is 2. The van der Waals surface area contributed by atoms with Crippen LogP contribution in [-0.4, -0.2) is 18.4 Å². The summed E-state index contributed by atoms with van der Waals surface area (Å²) < 4.78 is 5.35. The molecule has 0 atom stereocenters. The topological polar surface area (TPSA) is 81.4 Å². The Morgan fingerprint density at radius 1 is 1.05 bits per heavy atom. The number of hydrogen-bond donors (Lipinski definition) is 2. The Morgan fingerprint density at radius 2 is 1.68 bits per heavy atom. The molecule has 0 spiro atoms. The lowest BCUT2D eigenvalue weighted by Gasteiger charge is -2.08. The highest BCUT2D eigenvalue weighted by molar-refractivity contribution is 5.92. The lowest BCUT2D eigenvalue weighted by Crippen LogP contribution is -2.28. The number of aryl methyl sites for hydroxylation is 1. The second kappa shape index (κ2) is 7.26. The summed E-state index contributed by atoms with van der Waals surface area (Å²) in [4.78, 5) is 22.7. The minimum absolute atomic E-state index is 0.0816. The molecule has 3 N–H and O–H groups in total. The van der Waals surface area contributed by atoms with Crippen LogP contribution in [0.3, 0.4) is 0 Å². The van der Waals surface area contributed by atoms with E-state index in [2.05, 4.69) is 5.32 Å². The Labute approximate surface area is 129 Å². The molecule has 5 heteroatoms. The van der Waals surface area contributed by atoms with Crippen LogP contribution in [0.15, 0.2) is 48.5 Å². The number of amides is 2. The number of carbonyl (C=O) groups excluding carboxylic acids is 2. The second-order valence-electron chi connectivity index (χ2n) is 4.94. The fraction of sp³-hybridized carbons (Fsp3) is 0.176. The van der Waals surface area contributed by atoms with Gasteiger partial charge in [0.25, 0.3) is 5.91 Å². The maximum Gasteiger partial charge on any atom is 0.258 e. The van der Waals surface area contributed by atoms with E-state index in [0.29, 0.717) is 17.9 Å². The average Bonchev–Trinajstić information content (AvgIpc) is 2.52. The second-order valence-corrected chi connectivity index (χ2v) is 4.94. The van der Waals surface area contributed by atoms with Gasteiger partial charge in [-0.2, -0.15) is 0 Å². The van der Waals surface area contributed by atoms with Crippen molar-refractivity contribution in [2.45, 2.75) is 13.5 Å². The Kier molecular flexibility index (Phi) is 5.14. The lowest BCUT2D eigenvalue weighted by molar-refractivity contribution is -0.123. The van der Waals surface area contributed by atoms with Gasteiger partial charge in [0, 0.05) is 12.1 Å². The molecule has 0 saturated heterocycles. The van der Waals surface area contributed by atoms with Gasteiger partial charge in [-0.05, 0) is 36.8 Å². The van der Waals surface area contributed by atoms with Crippen LogP contribution in [0.2, 0.25) is 0 Å². The number of ether oxygens (including phenoxy) is 1. The van der Waals surface area contributed by atoms with Crippen molar-refractivity contribution in [2.24, 2.45) is 5.73 Å². The molecule has 0 aliphatic carbocycles. The van der Waals surface area contributed by atoms with Crippen LogP contribution < -0.4 is 15.8 Å². The highest BCUT2D eigenvalue weighted by Crippen LogP contribution is 2.11. The first-order valence-corrected chi connectivity index (χ1v) is 6.89. The van der Waals surface area contributed by atoms with Crippen LogP contribution in [0.4, 0.5) is 0 Å². The van der Waals surface area contributed by atoms with E-state index in [9.17, 15) is 9.59 Å². The fourth-order valence-corrected chi connectivity index (χ4v) is 1.82. The van der Waals surface area contributed by atoms with Crippen molar-refractivity contribution in [3.8, 4) is 5.75 Å². The number of primary amides is 1. The van der Waals surface area contributed by atoms with Crippen molar-refractivity contribution in [3.05, 3.63) is 65.2 Å². The van der Waals surface area contributed by atoms with Crippen molar-refractivity contribution in [1.29, 1.82) is 0 Å². The molecule has 2 rings (SSSR count). The Morgan fingerprint density at radius 3 is 2.27 bits per heavy atom. The van der Waals surface area contributed by atoms with Crippen molar-refractivity contribution in [2.75, 3.05) is 6.61 Å². The van der Waals surface area contributed by atoms with E-state index in [-0.39, 0.29) is 12.5 Å². The van der Waals surface area contributed by atoms with Gasteiger partial charge in [0.05, 0.1) is 0 Å². The third kappa shape index (κ3) is 4.63. The van der Waals surface area contributed by atoms with Crippen molar-refractivity contribution in [1.82, 2.24) is 5.32 Å². The predicted molar refractivity (Wildman–Crippen MR) is 83.5 cm³/mol. The number of hydrogen-bond acceptors (Lipinski definition) is 3. The van der Waals surface area contributed by atoms with E-state index in [4.69, 9.17) is 10.5 Å². The van der Waals surface area contributed by atoms with Gasteiger partial charge in [-0.1, -0.05) is 29.8 Å². The molecule has 2 aromatic rings. The first-order valence-electron chi connectivity index (χ1n) is 6.89. The lowest BCUT2D eigenvalue weighted by atomic mass is 10.1. The summed E-state index contributed by atoms with van der Waals surface area (Å²) in [5.41, 5.74) is 7.76. The zero-order valence-electron chi connectivity index (χ0n) is 12.3. The van der Waals surface area contributed by atoms with E-state index >= 15 is 0 Å². The van der Waals surface area contributed by atoms with Gasteiger partial charge in [0.1, 0.15) is 5.75 Å². The normalized spacial score (nSPS) is 10.0. The monoisotopic (exact) mass is 298 g/mol. The van der Waals surface area contributed by atoms with Crippen LogP contribution in [0.5, 0.6) is 5.75 Å². The Balaban J connectivity index is 1.77. The molecule has 0 heterocycles.